The van der Waals surface area contributed by atoms with Crippen molar-refractivity contribution in [2.24, 2.45) is 0 Å². The van der Waals surface area contributed by atoms with Gasteiger partial charge in [0.05, 0.1) is 16.7 Å². The van der Waals surface area contributed by atoms with Crippen molar-refractivity contribution in [3.63, 3.8) is 0 Å². The van der Waals surface area contributed by atoms with Crippen LogP contribution in [-0.4, -0.2) is 11.5 Å². The molecule has 3 nitrogen and oxygen atoms in total. The number of pyridine rings is 1. The minimum Gasteiger partial charge on any atom is -0.468 e. The summed E-state index contributed by atoms with van der Waals surface area (Å²) in [6, 6.07) is 12.5. The zero-order valence-corrected chi connectivity index (χ0v) is 13.0. The zero-order chi connectivity index (χ0) is 14.7. The maximum atomic E-state index is 5.38. The van der Waals surface area contributed by atoms with Crippen molar-refractivity contribution in [3.8, 4) is 0 Å². The molecule has 0 aliphatic rings. The number of aromatic nitrogens is 1. The zero-order valence-electron chi connectivity index (χ0n) is 12.2. The SMILES string of the molecule is CCNCc1cc2ccccc2nc1Sc1ccoc1C. The number of rotatable bonds is 5. The van der Waals surface area contributed by atoms with Gasteiger partial charge in [-0.15, -0.1) is 0 Å². The van der Waals surface area contributed by atoms with Gasteiger partial charge in [0, 0.05) is 11.9 Å². The highest BCUT2D eigenvalue weighted by molar-refractivity contribution is 7.99. The Kier molecular flexibility index (Phi) is 4.27. The lowest BCUT2D eigenvalue weighted by atomic mass is 10.1. The van der Waals surface area contributed by atoms with Crippen LogP contribution in [-0.2, 0) is 6.54 Å². The first kappa shape index (κ1) is 14.2. The minimum absolute atomic E-state index is 0.827. The van der Waals surface area contributed by atoms with Gasteiger partial charge in [-0.1, -0.05) is 36.9 Å². The fraction of sp³-hybridized carbons (Fsp3) is 0.235. The average Bonchev–Trinajstić information content (AvgIpc) is 2.90. The van der Waals surface area contributed by atoms with Crippen molar-refractivity contribution in [1.29, 1.82) is 0 Å². The fourth-order valence-corrected chi connectivity index (χ4v) is 3.13. The Labute approximate surface area is 128 Å². The summed E-state index contributed by atoms with van der Waals surface area (Å²) in [7, 11) is 0. The van der Waals surface area contributed by atoms with Crippen molar-refractivity contribution < 1.29 is 4.42 Å². The number of nitrogens with zero attached hydrogens (tertiary/aromatic N) is 1. The van der Waals surface area contributed by atoms with Crippen LogP contribution in [0, 0.1) is 6.92 Å². The van der Waals surface area contributed by atoms with Crippen LogP contribution in [0.15, 0.2) is 57.0 Å². The lowest BCUT2D eigenvalue weighted by molar-refractivity contribution is 0.527. The van der Waals surface area contributed by atoms with Crippen LogP contribution in [0.1, 0.15) is 18.2 Å². The van der Waals surface area contributed by atoms with Crippen LogP contribution in [0.4, 0.5) is 0 Å². The second kappa shape index (κ2) is 6.33. The molecule has 3 aromatic rings. The largest absolute Gasteiger partial charge is 0.468 e. The van der Waals surface area contributed by atoms with E-state index in [0.717, 1.165) is 34.3 Å². The molecule has 0 spiro atoms. The Hall–Kier alpha value is -1.78. The van der Waals surface area contributed by atoms with Gasteiger partial charge in [0.2, 0.25) is 0 Å². The third kappa shape index (κ3) is 3.12. The highest BCUT2D eigenvalue weighted by Crippen LogP contribution is 2.33. The lowest BCUT2D eigenvalue weighted by Crippen LogP contribution is -2.13. The van der Waals surface area contributed by atoms with Crippen molar-refractivity contribution in [2.75, 3.05) is 6.54 Å². The molecule has 0 saturated heterocycles. The summed E-state index contributed by atoms with van der Waals surface area (Å²) in [6.45, 7) is 5.87. The molecular weight excluding hydrogens is 280 g/mol. The summed E-state index contributed by atoms with van der Waals surface area (Å²) in [6.07, 6.45) is 1.72. The van der Waals surface area contributed by atoms with E-state index in [4.69, 9.17) is 9.40 Å². The lowest BCUT2D eigenvalue weighted by Gasteiger charge is -2.10. The second-order valence-corrected chi connectivity index (χ2v) is 5.90. The van der Waals surface area contributed by atoms with Crippen molar-refractivity contribution in [2.45, 2.75) is 30.3 Å². The Balaban J connectivity index is 2.02. The monoisotopic (exact) mass is 298 g/mol. The van der Waals surface area contributed by atoms with E-state index < -0.39 is 0 Å². The van der Waals surface area contributed by atoms with Gasteiger partial charge >= 0.3 is 0 Å². The Morgan fingerprint density at radius 1 is 1.24 bits per heavy atom. The molecule has 0 aliphatic carbocycles. The minimum atomic E-state index is 0.827. The molecule has 21 heavy (non-hydrogen) atoms. The predicted octanol–water partition coefficient (Wildman–Crippen LogP) is 4.40. The molecule has 0 aliphatic heterocycles. The number of hydrogen-bond acceptors (Lipinski definition) is 4. The molecule has 3 rings (SSSR count). The molecule has 0 fully saturated rings. The first-order chi connectivity index (χ1) is 10.3. The molecule has 0 saturated carbocycles. The Morgan fingerprint density at radius 3 is 2.86 bits per heavy atom. The quantitative estimate of drug-likeness (QED) is 0.758. The van der Waals surface area contributed by atoms with Crippen LogP contribution in [0.25, 0.3) is 10.9 Å². The maximum Gasteiger partial charge on any atom is 0.114 e. The van der Waals surface area contributed by atoms with Gasteiger partial charge in [-0.05, 0) is 37.2 Å². The molecular formula is C17H18N2OS. The first-order valence-corrected chi connectivity index (χ1v) is 7.91. The molecule has 108 valence electrons. The van der Waals surface area contributed by atoms with Crippen molar-refractivity contribution in [1.82, 2.24) is 10.3 Å². The van der Waals surface area contributed by atoms with Gasteiger partial charge in [0.25, 0.3) is 0 Å². The van der Waals surface area contributed by atoms with Crippen LogP contribution < -0.4 is 5.32 Å². The van der Waals surface area contributed by atoms with Gasteiger partial charge in [0.1, 0.15) is 10.8 Å². The van der Waals surface area contributed by atoms with Crippen LogP contribution in [0.3, 0.4) is 0 Å². The smallest absolute Gasteiger partial charge is 0.114 e. The summed E-state index contributed by atoms with van der Waals surface area (Å²) in [5.41, 5.74) is 2.25. The number of furan rings is 1. The number of benzene rings is 1. The highest BCUT2D eigenvalue weighted by atomic mass is 32.2. The van der Waals surface area contributed by atoms with E-state index in [2.05, 4.69) is 30.4 Å². The number of hydrogen-bond donors (Lipinski definition) is 1. The second-order valence-electron chi connectivity index (χ2n) is 4.87. The molecule has 1 N–H and O–H groups in total. The Morgan fingerprint density at radius 2 is 2.10 bits per heavy atom. The molecule has 0 radical (unpaired) electrons. The van der Waals surface area contributed by atoms with E-state index >= 15 is 0 Å². The molecule has 0 atom stereocenters. The maximum absolute atomic E-state index is 5.38. The van der Waals surface area contributed by atoms with Crippen LogP contribution in [0.2, 0.25) is 0 Å². The predicted molar refractivity (Wildman–Crippen MR) is 86.7 cm³/mol. The summed E-state index contributed by atoms with van der Waals surface area (Å²) in [4.78, 5) is 5.95. The number of aryl methyl sites for hydroxylation is 1. The van der Waals surface area contributed by atoms with E-state index in [0.29, 0.717) is 0 Å². The molecule has 1 aromatic carbocycles. The molecule has 2 heterocycles. The molecule has 4 heteroatoms. The fourth-order valence-electron chi connectivity index (χ4n) is 2.20. The third-order valence-corrected chi connectivity index (χ3v) is 4.54. The van der Waals surface area contributed by atoms with E-state index in [1.807, 2.05) is 25.1 Å². The summed E-state index contributed by atoms with van der Waals surface area (Å²) < 4.78 is 5.38. The standard InChI is InChI=1S/C17H18N2OS/c1-3-18-11-14-10-13-6-4-5-7-15(13)19-17(14)21-16-8-9-20-12(16)2/h4-10,18H,3,11H2,1-2H3. The topological polar surface area (TPSA) is 38.1 Å². The van der Waals surface area contributed by atoms with Crippen LogP contribution >= 0.6 is 11.8 Å². The normalized spacial score (nSPS) is 11.1. The van der Waals surface area contributed by atoms with Crippen molar-refractivity contribution in [3.05, 3.63) is 54.0 Å². The average molecular weight is 298 g/mol. The summed E-state index contributed by atoms with van der Waals surface area (Å²) in [5.74, 6) is 0.935. The van der Waals surface area contributed by atoms with E-state index in [1.165, 1.54) is 10.9 Å². The molecule has 0 bridgehead atoms. The number of para-hydroxylation sites is 1. The molecule has 2 aromatic heterocycles. The number of fused-ring (bicyclic) bond motifs is 1. The van der Waals surface area contributed by atoms with E-state index in [1.54, 1.807) is 18.0 Å². The van der Waals surface area contributed by atoms with E-state index in [9.17, 15) is 0 Å². The molecule has 0 amide bonds. The van der Waals surface area contributed by atoms with Crippen LogP contribution in [0.5, 0.6) is 0 Å². The van der Waals surface area contributed by atoms with Gasteiger partial charge < -0.3 is 9.73 Å². The summed E-state index contributed by atoms with van der Waals surface area (Å²) >= 11 is 1.67. The van der Waals surface area contributed by atoms with Gasteiger partial charge in [-0.25, -0.2) is 4.98 Å². The summed E-state index contributed by atoms with van der Waals surface area (Å²) in [5, 5.41) is 5.61. The van der Waals surface area contributed by atoms with Gasteiger partial charge in [-0.2, -0.15) is 0 Å². The third-order valence-electron chi connectivity index (χ3n) is 3.35. The highest BCUT2D eigenvalue weighted by Gasteiger charge is 2.11. The van der Waals surface area contributed by atoms with E-state index in [-0.39, 0.29) is 0 Å². The van der Waals surface area contributed by atoms with Gasteiger partial charge in [0.15, 0.2) is 0 Å². The number of nitrogens with one attached hydrogen (secondary N) is 1. The van der Waals surface area contributed by atoms with Gasteiger partial charge in [-0.3, -0.25) is 0 Å². The Bertz CT molecular complexity index is 751. The first-order valence-electron chi connectivity index (χ1n) is 7.09. The van der Waals surface area contributed by atoms with Crippen molar-refractivity contribution >= 4 is 22.7 Å². The molecule has 0 unspecified atom stereocenters.